The molecule has 0 atom stereocenters. The molecule has 1 fully saturated rings. The van der Waals surface area contributed by atoms with Crippen LogP contribution < -0.4 is 9.47 Å². The Labute approximate surface area is 216 Å². The molecule has 3 rings (SSSR count). The van der Waals surface area contributed by atoms with Crippen LogP contribution in [0.3, 0.4) is 0 Å². The summed E-state index contributed by atoms with van der Waals surface area (Å²) in [5.74, 6) is -0.414. The van der Waals surface area contributed by atoms with Gasteiger partial charge in [-0.1, -0.05) is 96.8 Å². The standard InChI is InChI=1S/C30H44F2N2O2/c1-2-3-4-5-8-13-20-35-25-22-33-30(34-23-25)26-18-19-27(29(32)28(26)31)36-21-14-9-6-7-10-15-24-16-11-12-17-24/h18-19,22-24H,2-17,20-21H2,1H3. The van der Waals surface area contributed by atoms with Gasteiger partial charge >= 0.3 is 0 Å². The van der Waals surface area contributed by atoms with E-state index in [0.717, 1.165) is 31.6 Å². The highest BCUT2D eigenvalue weighted by atomic mass is 19.2. The summed E-state index contributed by atoms with van der Waals surface area (Å²) in [6.07, 6.45) is 22.8. The maximum atomic E-state index is 14.7. The predicted octanol–water partition coefficient (Wildman–Crippen LogP) is 9.07. The molecule has 36 heavy (non-hydrogen) atoms. The van der Waals surface area contributed by atoms with E-state index in [1.165, 1.54) is 102 Å². The summed E-state index contributed by atoms with van der Waals surface area (Å²) in [5.41, 5.74) is 0.0181. The highest BCUT2D eigenvalue weighted by Gasteiger charge is 2.18. The summed E-state index contributed by atoms with van der Waals surface area (Å²) in [5, 5.41) is 0. The van der Waals surface area contributed by atoms with Gasteiger partial charge in [-0.3, -0.25) is 0 Å². The number of ether oxygens (including phenoxy) is 2. The van der Waals surface area contributed by atoms with Crippen LogP contribution in [0.4, 0.5) is 8.78 Å². The highest BCUT2D eigenvalue weighted by molar-refractivity contribution is 5.57. The second-order valence-electron chi connectivity index (χ2n) is 10.2. The minimum absolute atomic E-state index is 0.0181. The van der Waals surface area contributed by atoms with Crippen molar-refractivity contribution in [3.63, 3.8) is 0 Å². The fourth-order valence-electron chi connectivity index (χ4n) is 4.96. The number of hydrogen-bond acceptors (Lipinski definition) is 4. The molecule has 4 nitrogen and oxygen atoms in total. The SMILES string of the molecule is CCCCCCCCOc1cnc(-c2ccc(OCCCCCCCC3CCCC3)c(F)c2F)nc1. The van der Waals surface area contributed by atoms with Crippen LogP contribution in [0, 0.1) is 17.6 Å². The lowest BCUT2D eigenvalue weighted by Gasteiger charge is -2.11. The Morgan fingerprint density at radius 2 is 1.36 bits per heavy atom. The zero-order valence-electron chi connectivity index (χ0n) is 22.1. The van der Waals surface area contributed by atoms with Gasteiger partial charge in [-0.2, -0.15) is 4.39 Å². The van der Waals surface area contributed by atoms with Crippen molar-refractivity contribution in [3.8, 4) is 22.9 Å². The molecule has 0 saturated heterocycles. The first-order chi connectivity index (χ1) is 17.7. The molecular weight excluding hydrogens is 458 g/mol. The summed E-state index contributed by atoms with van der Waals surface area (Å²) in [6, 6.07) is 2.94. The zero-order valence-corrected chi connectivity index (χ0v) is 22.1. The van der Waals surface area contributed by atoms with Crippen molar-refractivity contribution < 1.29 is 18.3 Å². The third-order valence-corrected chi connectivity index (χ3v) is 7.17. The first-order valence-corrected chi connectivity index (χ1v) is 14.2. The summed E-state index contributed by atoms with van der Waals surface area (Å²) < 4.78 is 40.5. The summed E-state index contributed by atoms with van der Waals surface area (Å²) in [6.45, 7) is 3.19. The third kappa shape index (κ3) is 9.67. The Kier molecular flexibility index (Phi) is 13.0. The Hall–Kier alpha value is -2.24. The highest BCUT2D eigenvalue weighted by Crippen LogP contribution is 2.30. The van der Waals surface area contributed by atoms with E-state index in [-0.39, 0.29) is 17.1 Å². The second-order valence-corrected chi connectivity index (χ2v) is 10.2. The number of nitrogens with zero attached hydrogens (tertiary/aromatic N) is 2. The van der Waals surface area contributed by atoms with Crippen molar-refractivity contribution in [1.29, 1.82) is 0 Å². The van der Waals surface area contributed by atoms with Crippen LogP contribution in [-0.4, -0.2) is 23.2 Å². The van der Waals surface area contributed by atoms with Gasteiger partial charge in [0.2, 0.25) is 5.82 Å². The van der Waals surface area contributed by atoms with Crippen LogP contribution in [-0.2, 0) is 0 Å². The van der Waals surface area contributed by atoms with Crippen molar-refractivity contribution in [2.24, 2.45) is 5.92 Å². The average molecular weight is 503 g/mol. The molecule has 2 aromatic rings. The van der Waals surface area contributed by atoms with Crippen LogP contribution in [0.2, 0.25) is 0 Å². The molecule has 1 aliphatic carbocycles. The van der Waals surface area contributed by atoms with Gasteiger partial charge in [-0.05, 0) is 30.9 Å². The summed E-state index contributed by atoms with van der Waals surface area (Å²) in [4.78, 5) is 8.34. The topological polar surface area (TPSA) is 44.2 Å². The molecule has 0 unspecified atom stereocenters. The first kappa shape index (κ1) is 28.3. The minimum Gasteiger partial charge on any atom is -0.490 e. The monoisotopic (exact) mass is 502 g/mol. The fraction of sp³-hybridized carbons (Fsp3) is 0.667. The molecular formula is C30H44F2N2O2. The summed E-state index contributed by atoms with van der Waals surface area (Å²) in [7, 11) is 0. The van der Waals surface area contributed by atoms with Gasteiger partial charge < -0.3 is 9.47 Å². The van der Waals surface area contributed by atoms with E-state index < -0.39 is 11.6 Å². The number of benzene rings is 1. The molecule has 0 bridgehead atoms. The van der Waals surface area contributed by atoms with Gasteiger partial charge in [0.25, 0.3) is 0 Å². The number of unbranched alkanes of at least 4 members (excludes halogenated alkanes) is 9. The van der Waals surface area contributed by atoms with Gasteiger partial charge in [-0.15, -0.1) is 0 Å². The largest absolute Gasteiger partial charge is 0.490 e. The van der Waals surface area contributed by atoms with Gasteiger partial charge in [0.05, 0.1) is 31.2 Å². The molecule has 6 heteroatoms. The number of hydrogen-bond donors (Lipinski definition) is 0. The van der Waals surface area contributed by atoms with E-state index in [9.17, 15) is 8.78 Å². The van der Waals surface area contributed by atoms with Gasteiger partial charge in [0.15, 0.2) is 23.1 Å². The van der Waals surface area contributed by atoms with Crippen LogP contribution in [0.25, 0.3) is 11.4 Å². The van der Waals surface area contributed by atoms with Gasteiger partial charge in [-0.25, -0.2) is 14.4 Å². The van der Waals surface area contributed by atoms with Crippen LogP contribution in [0.15, 0.2) is 24.5 Å². The van der Waals surface area contributed by atoms with Crippen molar-refractivity contribution >= 4 is 0 Å². The molecule has 0 spiro atoms. The molecule has 0 aliphatic heterocycles. The molecule has 1 aromatic heterocycles. The maximum Gasteiger partial charge on any atom is 0.201 e. The van der Waals surface area contributed by atoms with Gasteiger partial charge in [0.1, 0.15) is 0 Å². The number of rotatable bonds is 18. The zero-order chi connectivity index (χ0) is 25.4. The molecule has 1 saturated carbocycles. The van der Waals surface area contributed by atoms with E-state index in [0.29, 0.717) is 19.0 Å². The Morgan fingerprint density at radius 3 is 2.06 bits per heavy atom. The lowest BCUT2D eigenvalue weighted by atomic mass is 9.99. The molecule has 1 heterocycles. The smallest absolute Gasteiger partial charge is 0.201 e. The average Bonchev–Trinajstić information content (AvgIpc) is 3.42. The molecule has 0 radical (unpaired) electrons. The lowest BCUT2D eigenvalue weighted by molar-refractivity contribution is 0.284. The van der Waals surface area contributed by atoms with E-state index in [1.807, 2.05) is 0 Å². The third-order valence-electron chi connectivity index (χ3n) is 7.17. The second kappa shape index (κ2) is 16.5. The maximum absolute atomic E-state index is 14.7. The quantitative estimate of drug-likeness (QED) is 0.191. The van der Waals surface area contributed by atoms with Gasteiger partial charge in [0, 0.05) is 0 Å². The molecule has 0 amide bonds. The van der Waals surface area contributed by atoms with E-state index >= 15 is 0 Å². The molecule has 1 aromatic carbocycles. The molecule has 1 aliphatic rings. The summed E-state index contributed by atoms with van der Waals surface area (Å²) >= 11 is 0. The fourth-order valence-corrected chi connectivity index (χ4v) is 4.96. The van der Waals surface area contributed by atoms with Crippen LogP contribution in [0.1, 0.15) is 110 Å². The van der Waals surface area contributed by atoms with E-state index in [4.69, 9.17) is 9.47 Å². The van der Waals surface area contributed by atoms with E-state index in [2.05, 4.69) is 16.9 Å². The van der Waals surface area contributed by atoms with Crippen molar-refractivity contribution in [1.82, 2.24) is 9.97 Å². The first-order valence-electron chi connectivity index (χ1n) is 14.2. The van der Waals surface area contributed by atoms with Crippen molar-refractivity contribution in [2.45, 2.75) is 110 Å². The predicted molar refractivity (Wildman–Crippen MR) is 141 cm³/mol. The Bertz CT molecular complexity index is 870. The lowest BCUT2D eigenvalue weighted by Crippen LogP contribution is -2.03. The Balaban J connectivity index is 1.35. The van der Waals surface area contributed by atoms with Crippen molar-refractivity contribution in [3.05, 3.63) is 36.2 Å². The van der Waals surface area contributed by atoms with E-state index in [1.54, 1.807) is 0 Å². The number of halogens is 2. The van der Waals surface area contributed by atoms with Crippen LogP contribution >= 0.6 is 0 Å². The minimum atomic E-state index is -0.990. The Morgan fingerprint density at radius 1 is 0.750 bits per heavy atom. The van der Waals surface area contributed by atoms with Crippen molar-refractivity contribution in [2.75, 3.05) is 13.2 Å². The molecule has 0 N–H and O–H groups in total. The molecule has 200 valence electrons. The normalized spacial score (nSPS) is 13.9. The van der Waals surface area contributed by atoms with Crippen LogP contribution in [0.5, 0.6) is 11.5 Å². The number of aromatic nitrogens is 2.